The van der Waals surface area contributed by atoms with E-state index in [0.29, 0.717) is 12.5 Å². The van der Waals surface area contributed by atoms with E-state index in [1.807, 2.05) is 14.0 Å². The lowest BCUT2D eigenvalue weighted by Crippen LogP contribution is -2.09. The third-order valence-electron chi connectivity index (χ3n) is 2.38. The number of hydrogen-bond acceptors (Lipinski definition) is 4. The molecule has 0 saturated carbocycles. The third-order valence-corrected chi connectivity index (χ3v) is 3.16. The van der Waals surface area contributed by atoms with Crippen LogP contribution in [-0.4, -0.2) is 30.2 Å². The number of halogens is 1. The molecule has 0 aromatic carbocycles. The first-order valence-corrected chi connectivity index (χ1v) is 6.71. The van der Waals surface area contributed by atoms with Gasteiger partial charge >= 0.3 is 0 Å². The zero-order chi connectivity index (χ0) is 12.8. The molecule has 5 heteroatoms. The van der Waals surface area contributed by atoms with Crippen LogP contribution in [0.5, 0.6) is 0 Å². The first-order valence-electron chi connectivity index (χ1n) is 5.91. The van der Waals surface area contributed by atoms with Crippen molar-refractivity contribution in [3.8, 4) is 0 Å². The number of hydrogen-bond donors (Lipinski definition) is 1. The standard InChI is InChI=1S/C12H20BrN3O/c1-5-17-7-6-9-15-11(8(2)3)10(13)12(14-4)16-9/h8H,5-7H2,1-4H3,(H,14,15,16). The van der Waals surface area contributed by atoms with Gasteiger partial charge < -0.3 is 10.1 Å². The van der Waals surface area contributed by atoms with Crippen LogP contribution in [-0.2, 0) is 11.2 Å². The predicted molar refractivity (Wildman–Crippen MR) is 73.6 cm³/mol. The molecular weight excluding hydrogens is 282 g/mol. The molecule has 1 N–H and O–H groups in total. The molecule has 17 heavy (non-hydrogen) atoms. The van der Waals surface area contributed by atoms with E-state index < -0.39 is 0 Å². The largest absolute Gasteiger partial charge is 0.381 e. The van der Waals surface area contributed by atoms with Gasteiger partial charge in [0, 0.05) is 20.1 Å². The molecule has 96 valence electrons. The lowest BCUT2D eigenvalue weighted by Gasteiger charge is -2.13. The van der Waals surface area contributed by atoms with E-state index in [1.165, 1.54) is 0 Å². The average molecular weight is 302 g/mol. The highest BCUT2D eigenvalue weighted by molar-refractivity contribution is 9.10. The molecule has 0 unspecified atom stereocenters. The van der Waals surface area contributed by atoms with Gasteiger partial charge in [-0.25, -0.2) is 9.97 Å². The molecule has 1 aromatic heterocycles. The number of rotatable bonds is 6. The van der Waals surface area contributed by atoms with Crippen LogP contribution in [0.25, 0.3) is 0 Å². The number of anilines is 1. The van der Waals surface area contributed by atoms with Crippen molar-refractivity contribution in [1.29, 1.82) is 0 Å². The van der Waals surface area contributed by atoms with Gasteiger partial charge in [-0.3, -0.25) is 0 Å². The molecule has 1 heterocycles. The fraction of sp³-hybridized carbons (Fsp3) is 0.667. The van der Waals surface area contributed by atoms with Crippen LogP contribution in [0.1, 0.15) is 38.2 Å². The van der Waals surface area contributed by atoms with Crippen LogP contribution >= 0.6 is 15.9 Å². The minimum atomic E-state index is 0.366. The second kappa shape index (κ2) is 6.91. The van der Waals surface area contributed by atoms with Gasteiger partial charge in [-0.1, -0.05) is 13.8 Å². The van der Waals surface area contributed by atoms with E-state index in [2.05, 4.69) is 45.1 Å². The number of ether oxygens (including phenoxy) is 1. The van der Waals surface area contributed by atoms with E-state index in [1.54, 1.807) is 0 Å². The molecule has 0 aliphatic carbocycles. The maximum Gasteiger partial charge on any atom is 0.144 e. The minimum absolute atomic E-state index is 0.366. The molecule has 0 fully saturated rings. The second-order valence-corrected chi connectivity index (χ2v) is 4.83. The smallest absolute Gasteiger partial charge is 0.144 e. The zero-order valence-electron chi connectivity index (χ0n) is 10.9. The van der Waals surface area contributed by atoms with Crippen molar-refractivity contribution in [2.24, 2.45) is 0 Å². The Kier molecular flexibility index (Phi) is 5.85. The van der Waals surface area contributed by atoms with E-state index in [4.69, 9.17) is 4.74 Å². The molecule has 0 spiro atoms. The maximum atomic E-state index is 5.33. The lowest BCUT2D eigenvalue weighted by atomic mass is 10.1. The van der Waals surface area contributed by atoms with Crippen molar-refractivity contribution in [1.82, 2.24) is 9.97 Å². The monoisotopic (exact) mass is 301 g/mol. The summed E-state index contributed by atoms with van der Waals surface area (Å²) in [7, 11) is 1.86. The van der Waals surface area contributed by atoms with Crippen molar-refractivity contribution in [2.45, 2.75) is 33.1 Å². The van der Waals surface area contributed by atoms with Crippen molar-refractivity contribution in [2.75, 3.05) is 25.6 Å². The average Bonchev–Trinajstić information content (AvgIpc) is 2.30. The zero-order valence-corrected chi connectivity index (χ0v) is 12.5. The Morgan fingerprint density at radius 3 is 2.59 bits per heavy atom. The van der Waals surface area contributed by atoms with Crippen LogP contribution < -0.4 is 5.32 Å². The Hall–Kier alpha value is -0.680. The van der Waals surface area contributed by atoms with Gasteiger partial charge in [0.1, 0.15) is 11.6 Å². The van der Waals surface area contributed by atoms with Crippen molar-refractivity contribution in [3.05, 3.63) is 16.0 Å². The van der Waals surface area contributed by atoms with Crippen LogP contribution in [0.15, 0.2) is 4.47 Å². The van der Waals surface area contributed by atoms with E-state index in [9.17, 15) is 0 Å². The first-order chi connectivity index (χ1) is 8.10. The predicted octanol–water partition coefficient (Wildman–Crippen LogP) is 2.98. The molecule has 1 rings (SSSR count). The van der Waals surface area contributed by atoms with Crippen LogP contribution in [0.2, 0.25) is 0 Å². The molecule has 0 atom stereocenters. The Morgan fingerprint density at radius 1 is 1.35 bits per heavy atom. The summed E-state index contributed by atoms with van der Waals surface area (Å²) >= 11 is 3.54. The SMILES string of the molecule is CCOCCc1nc(NC)c(Br)c(C(C)C)n1. The van der Waals surface area contributed by atoms with Gasteiger partial charge in [0.05, 0.1) is 16.8 Å². The van der Waals surface area contributed by atoms with Crippen molar-refractivity contribution < 1.29 is 4.74 Å². The second-order valence-electron chi connectivity index (χ2n) is 4.04. The van der Waals surface area contributed by atoms with Gasteiger partial charge in [0.15, 0.2) is 0 Å². The summed E-state index contributed by atoms with van der Waals surface area (Å²) in [5.41, 5.74) is 1.04. The normalized spacial score (nSPS) is 10.9. The van der Waals surface area contributed by atoms with E-state index >= 15 is 0 Å². The summed E-state index contributed by atoms with van der Waals surface area (Å²) < 4.78 is 6.28. The van der Waals surface area contributed by atoms with Crippen molar-refractivity contribution >= 4 is 21.7 Å². The summed E-state index contributed by atoms with van der Waals surface area (Å²) in [5.74, 6) is 2.04. The Balaban J connectivity index is 2.94. The maximum absolute atomic E-state index is 5.33. The molecular formula is C12H20BrN3O. The number of aromatic nitrogens is 2. The number of nitrogens with one attached hydrogen (secondary N) is 1. The summed E-state index contributed by atoms with van der Waals surface area (Å²) in [6.07, 6.45) is 0.746. The summed E-state index contributed by atoms with van der Waals surface area (Å²) in [4.78, 5) is 9.03. The van der Waals surface area contributed by atoms with Gasteiger partial charge in [-0.2, -0.15) is 0 Å². The molecule has 1 aromatic rings. The number of nitrogens with zero attached hydrogens (tertiary/aromatic N) is 2. The van der Waals surface area contributed by atoms with Gasteiger partial charge in [0.2, 0.25) is 0 Å². The van der Waals surface area contributed by atoms with Gasteiger partial charge in [0.25, 0.3) is 0 Å². The molecule has 0 saturated heterocycles. The Morgan fingerprint density at radius 2 is 2.06 bits per heavy atom. The molecule has 0 aliphatic rings. The van der Waals surface area contributed by atoms with E-state index in [0.717, 1.165) is 34.8 Å². The topological polar surface area (TPSA) is 47.0 Å². The highest BCUT2D eigenvalue weighted by Crippen LogP contribution is 2.28. The highest BCUT2D eigenvalue weighted by Gasteiger charge is 2.13. The van der Waals surface area contributed by atoms with Gasteiger partial charge in [-0.05, 0) is 28.8 Å². The van der Waals surface area contributed by atoms with Crippen LogP contribution in [0.4, 0.5) is 5.82 Å². The van der Waals surface area contributed by atoms with Gasteiger partial charge in [-0.15, -0.1) is 0 Å². The summed E-state index contributed by atoms with van der Waals surface area (Å²) in [5, 5.41) is 3.08. The lowest BCUT2D eigenvalue weighted by molar-refractivity contribution is 0.149. The van der Waals surface area contributed by atoms with E-state index in [-0.39, 0.29) is 0 Å². The fourth-order valence-corrected chi connectivity index (χ4v) is 2.31. The van der Waals surface area contributed by atoms with Crippen LogP contribution in [0, 0.1) is 0 Å². The minimum Gasteiger partial charge on any atom is -0.381 e. The molecule has 0 bridgehead atoms. The molecule has 0 radical (unpaired) electrons. The first kappa shape index (κ1) is 14.4. The van der Waals surface area contributed by atoms with Crippen molar-refractivity contribution in [3.63, 3.8) is 0 Å². The Bertz CT molecular complexity index is 369. The molecule has 4 nitrogen and oxygen atoms in total. The third kappa shape index (κ3) is 3.92. The quantitative estimate of drug-likeness (QED) is 0.821. The fourth-order valence-electron chi connectivity index (χ4n) is 1.48. The van der Waals surface area contributed by atoms with Crippen LogP contribution in [0.3, 0.4) is 0 Å². The Labute approximate surface area is 111 Å². The summed E-state index contributed by atoms with van der Waals surface area (Å²) in [6, 6.07) is 0. The highest BCUT2D eigenvalue weighted by atomic mass is 79.9. The summed E-state index contributed by atoms with van der Waals surface area (Å²) in [6.45, 7) is 7.63. The molecule has 0 amide bonds. The molecule has 0 aliphatic heterocycles.